The fraction of sp³-hybridized carbons (Fsp3) is 0.750. The number of aromatic nitrogens is 2. The van der Waals surface area contributed by atoms with Crippen molar-refractivity contribution < 1.29 is 0 Å². The topological polar surface area (TPSA) is 43.8 Å². The maximum absolute atomic E-state index is 5.68. The van der Waals surface area contributed by atoms with Gasteiger partial charge in [-0.2, -0.15) is 5.10 Å². The van der Waals surface area contributed by atoms with Gasteiger partial charge >= 0.3 is 0 Å². The van der Waals surface area contributed by atoms with Crippen LogP contribution in [-0.4, -0.2) is 16.3 Å². The van der Waals surface area contributed by atoms with Crippen molar-refractivity contribution in [2.45, 2.75) is 39.0 Å². The molecule has 15 heavy (non-hydrogen) atoms. The second-order valence-electron chi connectivity index (χ2n) is 5.49. The highest BCUT2D eigenvalue weighted by Crippen LogP contribution is 2.42. The van der Waals surface area contributed by atoms with Crippen LogP contribution in [0.1, 0.15) is 43.9 Å². The van der Waals surface area contributed by atoms with Gasteiger partial charge in [0.25, 0.3) is 0 Å². The Balaban J connectivity index is 2.35. The van der Waals surface area contributed by atoms with Crippen molar-refractivity contribution in [1.29, 1.82) is 0 Å². The third-order valence-electron chi connectivity index (χ3n) is 3.49. The minimum Gasteiger partial charge on any atom is -0.330 e. The molecule has 1 aromatic rings. The molecule has 2 N–H and O–H groups in total. The van der Waals surface area contributed by atoms with Crippen LogP contribution < -0.4 is 5.73 Å². The quantitative estimate of drug-likeness (QED) is 0.804. The van der Waals surface area contributed by atoms with Gasteiger partial charge in [0.1, 0.15) is 0 Å². The minimum atomic E-state index is 0.390. The lowest BCUT2D eigenvalue weighted by molar-refractivity contribution is 0.268. The summed E-state index contributed by atoms with van der Waals surface area (Å²) in [5.41, 5.74) is 8.91. The van der Waals surface area contributed by atoms with Crippen LogP contribution in [0.5, 0.6) is 0 Å². The van der Waals surface area contributed by atoms with E-state index in [0.29, 0.717) is 11.3 Å². The molecule has 0 radical (unpaired) electrons. The van der Waals surface area contributed by atoms with Crippen LogP contribution in [0.3, 0.4) is 0 Å². The molecule has 1 aromatic heterocycles. The first-order chi connectivity index (χ1) is 7.03. The van der Waals surface area contributed by atoms with Crippen molar-refractivity contribution >= 4 is 0 Å². The fourth-order valence-corrected chi connectivity index (χ4v) is 2.80. The number of hydrogen-bond acceptors (Lipinski definition) is 2. The maximum atomic E-state index is 5.68. The summed E-state index contributed by atoms with van der Waals surface area (Å²) in [5.74, 6) is 0.613. The molecule has 0 aliphatic heterocycles. The average molecular weight is 207 g/mol. The van der Waals surface area contributed by atoms with Crippen LogP contribution >= 0.6 is 0 Å². The van der Waals surface area contributed by atoms with Crippen LogP contribution in [-0.2, 0) is 13.5 Å². The Morgan fingerprint density at radius 2 is 2.33 bits per heavy atom. The molecule has 1 atom stereocenters. The lowest BCUT2D eigenvalue weighted by atomic mass is 9.70. The van der Waals surface area contributed by atoms with Gasteiger partial charge in [-0.1, -0.05) is 13.8 Å². The van der Waals surface area contributed by atoms with Crippen molar-refractivity contribution in [2.75, 3.05) is 6.54 Å². The third kappa shape index (κ3) is 1.93. The molecule has 0 amide bonds. The molecule has 0 bridgehead atoms. The molecule has 1 unspecified atom stereocenters. The smallest absolute Gasteiger partial charge is 0.0527 e. The first-order valence-corrected chi connectivity index (χ1v) is 5.74. The van der Waals surface area contributed by atoms with E-state index in [-0.39, 0.29) is 0 Å². The van der Waals surface area contributed by atoms with Crippen molar-refractivity contribution in [1.82, 2.24) is 9.78 Å². The summed E-state index contributed by atoms with van der Waals surface area (Å²) >= 11 is 0. The lowest BCUT2D eigenvalue weighted by Crippen LogP contribution is -2.27. The lowest BCUT2D eigenvalue weighted by Gasteiger charge is -2.35. The molecule has 0 aromatic carbocycles. The number of fused-ring (bicyclic) bond motifs is 1. The summed E-state index contributed by atoms with van der Waals surface area (Å²) in [7, 11) is 2.04. The number of aryl methyl sites for hydroxylation is 1. The van der Waals surface area contributed by atoms with E-state index in [2.05, 4.69) is 18.9 Å². The van der Waals surface area contributed by atoms with Crippen LogP contribution in [0.15, 0.2) is 6.20 Å². The van der Waals surface area contributed by atoms with E-state index in [1.165, 1.54) is 17.7 Å². The highest BCUT2D eigenvalue weighted by Gasteiger charge is 2.33. The van der Waals surface area contributed by atoms with Crippen LogP contribution in [0.2, 0.25) is 0 Å². The summed E-state index contributed by atoms with van der Waals surface area (Å²) < 4.78 is 2.03. The summed E-state index contributed by atoms with van der Waals surface area (Å²) in [4.78, 5) is 0. The Kier molecular flexibility index (Phi) is 2.59. The third-order valence-corrected chi connectivity index (χ3v) is 3.49. The Morgan fingerprint density at radius 3 is 3.00 bits per heavy atom. The SMILES string of the molecule is Cn1ncc2c1CC(C)(C)CC2CCN. The molecule has 84 valence electrons. The van der Waals surface area contributed by atoms with Gasteiger partial charge in [0.2, 0.25) is 0 Å². The average Bonchev–Trinajstić information content (AvgIpc) is 2.47. The van der Waals surface area contributed by atoms with Crippen molar-refractivity contribution in [3.8, 4) is 0 Å². The van der Waals surface area contributed by atoms with Crippen LogP contribution in [0.25, 0.3) is 0 Å². The molecule has 0 spiro atoms. The number of rotatable bonds is 2. The largest absolute Gasteiger partial charge is 0.330 e. The minimum absolute atomic E-state index is 0.390. The number of hydrogen-bond donors (Lipinski definition) is 1. The van der Waals surface area contributed by atoms with Gasteiger partial charge in [-0.3, -0.25) is 4.68 Å². The Morgan fingerprint density at radius 1 is 1.60 bits per heavy atom. The van der Waals surface area contributed by atoms with E-state index in [9.17, 15) is 0 Å². The molecule has 2 rings (SSSR count). The molecule has 1 aliphatic carbocycles. The van der Waals surface area contributed by atoms with Crippen LogP contribution in [0, 0.1) is 5.41 Å². The molecule has 0 saturated carbocycles. The van der Waals surface area contributed by atoms with Gasteiger partial charge in [-0.05, 0) is 42.7 Å². The molecule has 0 saturated heterocycles. The van der Waals surface area contributed by atoms with E-state index in [0.717, 1.165) is 19.4 Å². The molecule has 1 heterocycles. The Bertz CT molecular complexity index is 352. The zero-order valence-corrected chi connectivity index (χ0v) is 9.95. The highest BCUT2D eigenvalue weighted by atomic mass is 15.3. The molecule has 3 heteroatoms. The van der Waals surface area contributed by atoms with Crippen molar-refractivity contribution in [3.63, 3.8) is 0 Å². The standard InChI is InChI=1S/C12H21N3/c1-12(2)6-9(4-5-13)10-8-14-15(3)11(10)7-12/h8-9H,4-7,13H2,1-3H3. The van der Waals surface area contributed by atoms with E-state index in [1.54, 1.807) is 0 Å². The van der Waals surface area contributed by atoms with Gasteiger partial charge in [-0.15, -0.1) is 0 Å². The first kappa shape index (κ1) is 10.7. The van der Waals surface area contributed by atoms with E-state index in [4.69, 9.17) is 5.73 Å². The number of nitrogens with two attached hydrogens (primary N) is 1. The maximum Gasteiger partial charge on any atom is 0.0527 e. The number of nitrogens with zero attached hydrogens (tertiary/aromatic N) is 2. The van der Waals surface area contributed by atoms with Gasteiger partial charge in [0.15, 0.2) is 0 Å². The molecule has 3 nitrogen and oxygen atoms in total. The van der Waals surface area contributed by atoms with Crippen molar-refractivity contribution in [3.05, 3.63) is 17.5 Å². The molecule has 0 fully saturated rings. The Hall–Kier alpha value is -0.830. The zero-order chi connectivity index (χ0) is 11.1. The molecular formula is C12H21N3. The second kappa shape index (κ2) is 3.63. The molecular weight excluding hydrogens is 186 g/mol. The predicted octanol–water partition coefficient (Wildman–Crippen LogP) is 1.82. The fourth-order valence-electron chi connectivity index (χ4n) is 2.80. The summed E-state index contributed by atoms with van der Waals surface area (Å²) in [5, 5.41) is 4.37. The normalized spacial score (nSPS) is 23.9. The van der Waals surface area contributed by atoms with E-state index in [1.807, 2.05) is 17.9 Å². The Labute approximate surface area is 91.7 Å². The van der Waals surface area contributed by atoms with E-state index < -0.39 is 0 Å². The zero-order valence-electron chi connectivity index (χ0n) is 9.95. The predicted molar refractivity (Wildman–Crippen MR) is 61.7 cm³/mol. The van der Waals surface area contributed by atoms with E-state index >= 15 is 0 Å². The van der Waals surface area contributed by atoms with Gasteiger partial charge < -0.3 is 5.73 Å². The summed E-state index contributed by atoms with van der Waals surface area (Å²) in [6.45, 7) is 5.45. The monoisotopic (exact) mass is 207 g/mol. The summed E-state index contributed by atoms with van der Waals surface area (Å²) in [6, 6.07) is 0. The molecule has 1 aliphatic rings. The van der Waals surface area contributed by atoms with Gasteiger partial charge in [-0.25, -0.2) is 0 Å². The van der Waals surface area contributed by atoms with Gasteiger partial charge in [0.05, 0.1) is 6.20 Å². The van der Waals surface area contributed by atoms with Crippen molar-refractivity contribution in [2.24, 2.45) is 18.2 Å². The summed E-state index contributed by atoms with van der Waals surface area (Å²) in [6.07, 6.45) is 5.50. The highest BCUT2D eigenvalue weighted by molar-refractivity contribution is 5.27. The first-order valence-electron chi connectivity index (χ1n) is 5.74. The van der Waals surface area contributed by atoms with Crippen LogP contribution in [0.4, 0.5) is 0 Å². The second-order valence-corrected chi connectivity index (χ2v) is 5.49. The van der Waals surface area contributed by atoms with Gasteiger partial charge in [0, 0.05) is 12.7 Å².